The van der Waals surface area contributed by atoms with Crippen LogP contribution in [0, 0.1) is 0 Å². The molecule has 150 valence electrons. The minimum absolute atomic E-state index is 0.0349. The zero-order chi connectivity index (χ0) is 19.8. The summed E-state index contributed by atoms with van der Waals surface area (Å²) < 4.78 is 6.00. The summed E-state index contributed by atoms with van der Waals surface area (Å²) in [6.07, 6.45) is 4.98. The summed E-state index contributed by atoms with van der Waals surface area (Å²) in [4.78, 5) is 12.5. The molecule has 2 aromatic rings. The van der Waals surface area contributed by atoms with Gasteiger partial charge in [0, 0.05) is 23.1 Å². The number of aryl methyl sites for hydroxylation is 2. The summed E-state index contributed by atoms with van der Waals surface area (Å²) in [5, 5.41) is 3.76. The lowest BCUT2D eigenvalue weighted by Crippen LogP contribution is -2.39. The lowest BCUT2D eigenvalue weighted by Gasteiger charge is -2.20. The van der Waals surface area contributed by atoms with Gasteiger partial charge in [-0.05, 0) is 73.1 Å². The summed E-state index contributed by atoms with van der Waals surface area (Å²) in [7, 11) is 0. The molecule has 28 heavy (non-hydrogen) atoms. The van der Waals surface area contributed by atoms with Crippen molar-refractivity contribution in [3.63, 3.8) is 0 Å². The predicted molar refractivity (Wildman–Crippen MR) is 118 cm³/mol. The number of rotatable bonds is 9. The maximum atomic E-state index is 12.5. The number of carbonyl (C=O) groups excluding carboxylic acids is 1. The first-order valence-corrected chi connectivity index (χ1v) is 11.6. The van der Waals surface area contributed by atoms with Gasteiger partial charge < -0.3 is 10.1 Å². The first-order valence-electron chi connectivity index (χ1n) is 10.0. The molecule has 0 fully saturated rings. The Morgan fingerprint density at radius 3 is 2.64 bits per heavy atom. The van der Waals surface area contributed by atoms with Crippen LogP contribution in [0.4, 0.5) is 0 Å². The number of nitrogens with one attached hydrogen (secondary N) is 1. The third-order valence-corrected chi connectivity index (χ3v) is 6.27. The second-order valence-electron chi connectivity index (χ2n) is 7.12. The van der Waals surface area contributed by atoms with Crippen LogP contribution in [0.15, 0.2) is 42.5 Å². The van der Waals surface area contributed by atoms with Crippen LogP contribution in [0.3, 0.4) is 0 Å². The van der Waals surface area contributed by atoms with Gasteiger partial charge in [0.25, 0.3) is 5.91 Å². The quantitative estimate of drug-likeness (QED) is 0.553. The van der Waals surface area contributed by atoms with Crippen molar-refractivity contribution < 1.29 is 9.53 Å². The third kappa shape index (κ3) is 6.18. The maximum Gasteiger partial charge on any atom is 0.261 e. The summed E-state index contributed by atoms with van der Waals surface area (Å²) in [5.74, 6) is 2.55. The smallest absolute Gasteiger partial charge is 0.261 e. The molecule has 3 nitrogen and oxygen atoms in total. The molecule has 1 aliphatic rings. The van der Waals surface area contributed by atoms with Gasteiger partial charge in [0.15, 0.2) is 6.10 Å². The first-order chi connectivity index (χ1) is 13.7. The number of hydrogen-bond acceptors (Lipinski definition) is 3. The lowest BCUT2D eigenvalue weighted by atomic mass is 9.92. The third-order valence-electron chi connectivity index (χ3n) is 4.99. The lowest BCUT2D eigenvalue weighted by molar-refractivity contribution is -0.127. The molecule has 1 N–H and O–H groups in total. The Hall–Kier alpha value is -1.65. The Bertz CT molecular complexity index is 779. The normalized spacial score (nSPS) is 14.2. The number of benzene rings is 2. The van der Waals surface area contributed by atoms with Crippen LogP contribution >= 0.6 is 23.4 Å². The number of fused-ring (bicyclic) bond motifs is 1. The van der Waals surface area contributed by atoms with E-state index in [1.807, 2.05) is 37.3 Å². The number of ether oxygens (including phenoxy) is 1. The highest BCUT2D eigenvalue weighted by molar-refractivity contribution is 7.98. The molecule has 0 unspecified atom stereocenters. The SMILES string of the molecule is CC[C@H](Oc1ccc2c(c1)CCCC2)C(=O)NCCSCc1ccc(Cl)cc1. The van der Waals surface area contributed by atoms with E-state index >= 15 is 0 Å². The summed E-state index contributed by atoms with van der Waals surface area (Å²) >= 11 is 7.69. The van der Waals surface area contributed by atoms with Gasteiger partial charge in [-0.3, -0.25) is 4.79 Å². The summed E-state index contributed by atoms with van der Waals surface area (Å²) in [6, 6.07) is 14.2. The van der Waals surface area contributed by atoms with Gasteiger partial charge in [0.05, 0.1) is 0 Å². The molecule has 1 atom stereocenters. The fraction of sp³-hybridized carbons (Fsp3) is 0.435. The minimum Gasteiger partial charge on any atom is -0.481 e. The topological polar surface area (TPSA) is 38.3 Å². The van der Waals surface area contributed by atoms with E-state index in [-0.39, 0.29) is 5.91 Å². The Kier molecular flexibility index (Phi) is 8.11. The largest absolute Gasteiger partial charge is 0.481 e. The Morgan fingerprint density at radius 2 is 1.89 bits per heavy atom. The molecule has 0 radical (unpaired) electrons. The van der Waals surface area contributed by atoms with E-state index in [2.05, 4.69) is 17.4 Å². The Labute approximate surface area is 177 Å². The molecular formula is C23H28ClNO2S. The predicted octanol–water partition coefficient (Wildman–Crippen LogP) is 5.43. The van der Waals surface area contributed by atoms with Gasteiger partial charge in [-0.15, -0.1) is 0 Å². The van der Waals surface area contributed by atoms with E-state index in [0.29, 0.717) is 13.0 Å². The van der Waals surface area contributed by atoms with Gasteiger partial charge >= 0.3 is 0 Å². The fourth-order valence-corrected chi connectivity index (χ4v) is 4.35. The van der Waals surface area contributed by atoms with Gasteiger partial charge in [-0.25, -0.2) is 0 Å². The molecule has 0 saturated carbocycles. The number of thioether (sulfide) groups is 1. The molecule has 0 aliphatic heterocycles. The molecule has 0 saturated heterocycles. The van der Waals surface area contributed by atoms with Crippen LogP contribution < -0.4 is 10.1 Å². The molecule has 3 rings (SSSR count). The molecule has 0 spiro atoms. The van der Waals surface area contributed by atoms with Crippen molar-refractivity contribution in [3.05, 3.63) is 64.2 Å². The molecular weight excluding hydrogens is 390 g/mol. The van der Waals surface area contributed by atoms with Crippen molar-refractivity contribution in [2.45, 2.75) is 50.9 Å². The average molecular weight is 418 g/mol. The van der Waals surface area contributed by atoms with Gasteiger partial charge in [0.2, 0.25) is 0 Å². The number of halogens is 1. The van der Waals surface area contributed by atoms with Crippen molar-refractivity contribution in [1.82, 2.24) is 5.32 Å². The number of amides is 1. The second-order valence-corrected chi connectivity index (χ2v) is 8.66. The van der Waals surface area contributed by atoms with Crippen LogP contribution in [0.25, 0.3) is 0 Å². The molecule has 0 aromatic heterocycles. The van der Waals surface area contributed by atoms with E-state index in [4.69, 9.17) is 16.3 Å². The highest BCUT2D eigenvalue weighted by atomic mass is 35.5. The molecule has 1 aliphatic carbocycles. The van der Waals surface area contributed by atoms with E-state index in [0.717, 1.165) is 35.1 Å². The van der Waals surface area contributed by atoms with Crippen LogP contribution in [0.1, 0.15) is 42.9 Å². The van der Waals surface area contributed by atoms with Crippen molar-refractivity contribution in [3.8, 4) is 5.75 Å². The molecule has 5 heteroatoms. The monoisotopic (exact) mass is 417 g/mol. The zero-order valence-corrected chi connectivity index (χ0v) is 18.0. The van der Waals surface area contributed by atoms with Crippen molar-refractivity contribution in [1.29, 1.82) is 0 Å². The molecule has 2 aromatic carbocycles. The summed E-state index contributed by atoms with van der Waals surface area (Å²) in [5.41, 5.74) is 4.04. The van der Waals surface area contributed by atoms with Crippen LogP contribution in [0.2, 0.25) is 5.02 Å². The highest BCUT2D eigenvalue weighted by Gasteiger charge is 2.19. The second kappa shape index (κ2) is 10.8. The fourth-order valence-electron chi connectivity index (χ4n) is 3.40. The van der Waals surface area contributed by atoms with Crippen LogP contribution in [0.5, 0.6) is 5.75 Å². The molecule has 0 bridgehead atoms. The van der Waals surface area contributed by atoms with Gasteiger partial charge in [-0.1, -0.05) is 36.7 Å². The number of hydrogen-bond donors (Lipinski definition) is 1. The van der Waals surface area contributed by atoms with E-state index < -0.39 is 6.10 Å². The standard InChI is InChI=1S/C23H28ClNO2S/c1-2-22(27-21-12-9-18-5-3-4-6-19(18)15-21)23(26)25-13-14-28-16-17-7-10-20(24)11-8-17/h7-12,15,22H,2-6,13-14,16H2,1H3,(H,25,26)/t22-/m0/s1. The van der Waals surface area contributed by atoms with Crippen LogP contribution in [-0.2, 0) is 23.4 Å². The number of carbonyl (C=O) groups is 1. The van der Waals surface area contributed by atoms with Crippen molar-refractivity contribution >= 4 is 29.3 Å². The van der Waals surface area contributed by atoms with E-state index in [9.17, 15) is 4.79 Å². The highest BCUT2D eigenvalue weighted by Crippen LogP contribution is 2.26. The van der Waals surface area contributed by atoms with E-state index in [1.54, 1.807) is 11.8 Å². The van der Waals surface area contributed by atoms with Crippen molar-refractivity contribution in [2.24, 2.45) is 0 Å². The molecule has 0 heterocycles. The van der Waals surface area contributed by atoms with E-state index in [1.165, 1.54) is 29.5 Å². The molecule has 1 amide bonds. The maximum absolute atomic E-state index is 12.5. The summed E-state index contributed by atoms with van der Waals surface area (Å²) in [6.45, 7) is 2.62. The zero-order valence-electron chi connectivity index (χ0n) is 16.4. The van der Waals surface area contributed by atoms with Gasteiger partial charge in [0.1, 0.15) is 5.75 Å². The minimum atomic E-state index is -0.442. The Balaban J connectivity index is 1.41. The average Bonchev–Trinajstić information content (AvgIpc) is 2.72. The van der Waals surface area contributed by atoms with Gasteiger partial charge in [-0.2, -0.15) is 11.8 Å². The van der Waals surface area contributed by atoms with Crippen LogP contribution in [-0.4, -0.2) is 24.3 Å². The Morgan fingerprint density at radius 1 is 1.14 bits per heavy atom. The first kappa shape index (κ1) is 21.1. The van der Waals surface area contributed by atoms with Crippen molar-refractivity contribution in [2.75, 3.05) is 12.3 Å².